The lowest BCUT2D eigenvalue weighted by Gasteiger charge is -2.09. The monoisotopic (exact) mass is 350 g/mol. The molecule has 0 saturated carbocycles. The second-order valence-electron chi connectivity index (χ2n) is 4.31. The van der Waals surface area contributed by atoms with Crippen LogP contribution >= 0.6 is 15.9 Å². The van der Waals surface area contributed by atoms with Crippen LogP contribution < -0.4 is 9.47 Å². The Kier molecular flexibility index (Phi) is 5.63. The lowest BCUT2D eigenvalue weighted by Crippen LogP contribution is -2.07. The molecule has 0 heterocycles. The molecular formula is C16H15BrO4. The van der Waals surface area contributed by atoms with Crippen LogP contribution in [0.5, 0.6) is 11.5 Å². The molecule has 4 nitrogen and oxygen atoms in total. The molecule has 2 aromatic rings. The van der Waals surface area contributed by atoms with E-state index in [9.17, 15) is 4.79 Å². The van der Waals surface area contributed by atoms with Crippen molar-refractivity contribution < 1.29 is 19.4 Å². The van der Waals surface area contributed by atoms with E-state index in [2.05, 4.69) is 15.9 Å². The van der Waals surface area contributed by atoms with Gasteiger partial charge in [-0.15, -0.1) is 0 Å². The Morgan fingerprint density at radius 2 is 1.67 bits per heavy atom. The summed E-state index contributed by atoms with van der Waals surface area (Å²) in [6.07, 6.45) is 0.671. The zero-order valence-corrected chi connectivity index (χ0v) is 12.9. The van der Waals surface area contributed by atoms with Crippen LogP contribution in [0.4, 0.5) is 0 Å². The van der Waals surface area contributed by atoms with E-state index < -0.39 is 5.97 Å². The first-order valence-electron chi connectivity index (χ1n) is 6.50. The zero-order chi connectivity index (χ0) is 15.1. The average molecular weight is 351 g/mol. The minimum Gasteiger partial charge on any atom is -0.493 e. The molecule has 0 bridgehead atoms. The van der Waals surface area contributed by atoms with Gasteiger partial charge in [-0.25, -0.2) is 4.79 Å². The number of carboxylic acids is 1. The second-order valence-corrected chi connectivity index (χ2v) is 5.22. The number of aromatic carboxylic acids is 1. The number of rotatable bonds is 7. The Hall–Kier alpha value is -2.01. The fraction of sp³-hybridized carbons (Fsp3) is 0.188. The maximum Gasteiger partial charge on any atom is 0.339 e. The number of carbonyl (C=O) groups is 1. The van der Waals surface area contributed by atoms with Crippen molar-refractivity contribution in [1.82, 2.24) is 0 Å². The third kappa shape index (κ3) is 4.79. The van der Waals surface area contributed by atoms with Crippen LogP contribution in [-0.2, 0) is 0 Å². The molecule has 0 amide bonds. The highest BCUT2D eigenvalue weighted by molar-refractivity contribution is 9.10. The van der Waals surface area contributed by atoms with E-state index in [-0.39, 0.29) is 5.56 Å². The largest absolute Gasteiger partial charge is 0.493 e. The van der Waals surface area contributed by atoms with Crippen molar-refractivity contribution in [1.29, 1.82) is 0 Å². The van der Waals surface area contributed by atoms with Crippen molar-refractivity contribution in [2.45, 2.75) is 6.42 Å². The maximum atomic E-state index is 11.0. The lowest BCUT2D eigenvalue weighted by atomic mass is 10.2. The SMILES string of the molecule is O=C(O)c1ccccc1OCCCOc1ccc(Br)cc1. The first kappa shape index (κ1) is 15.4. The molecule has 5 heteroatoms. The quantitative estimate of drug-likeness (QED) is 0.767. The van der Waals surface area contributed by atoms with Crippen molar-refractivity contribution >= 4 is 21.9 Å². The molecule has 21 heavy (non-hydrogen) atoms. The number of benzene rings is 2. The van der Waals surface area contributed by atoms with Crippen LogP contribution in [0, 0.1) is 0 Å². The standard InChI is InChI=1S/C16H15BrO4/c17-12-6-8-13(9-7-12)20-10-3-11-21-15-5-2-1-4-14(15)16(18)19/h1-2,4-9H,3,10-11H2,(H,18,19). The number of hydrogen-bond donors (Lipinski definition) is 1. The third-order valence-electron chi connectivity index (χ3n) is 2.75. The number of halogens is 1. The molecule has 110 valence electrons. The fourth-order valence-electron chi connectivity index (χ4n) is 1.73. The zero-order valence-electron chi connectivity index (χ0n) is 11.3. The van der Waals surface area contributed by atoms with Gasteiger partial charge in [0.05, 0.1) is 13.2 Å². The highest BCUT2D eigenvalue weighted by atomic mass is 79.9. The molecule has 0 saturated heterocycles. The number of hydrogen-bond acceptors (Lipinski definition) is 3. The van der Waals surface area contributed by atoms with Crippen LogP contribution in [0.1, 0.15) is 16.8 Å². The molecule has 2 aromatic carbocycles. The summed E-state index contributed by atoms with van der Waals surface area (Å²) in [6, 6.07) is 14.2. The van der Waals surface area contributed by atoms with E-state index >= 15 is 0 Å². The Labute approximate surface area is 131 Å². The first-order valence-corrected chi connectivity index (χ1v) is 7.29. The fourth-order valence-corrected chi connectivity index (χ4v) is 2.00. The van der Waals surface area contributed by atoms with E-state index in [0.29, 0.717) is 25.4 Å². The molecule has 0 spiro atoms. The Balaban J connectivity index is 1.75. The normalized spacial score (nSPS) is 10.1. The molecule has 0 aliphatic carbocycles. The molecule has 0 aliphatic rings. The van der Waals surface area contributed by atoms with Crippen LogP contribution in [-0.4, -0.2) is 24.3 Å². The van der Waals surface area contributed by atoms with Crippen molar-refractivity contribution in [3.8, 4) is 11.5 Å². The van der Waals surface area contributed by atoms with Gasteiger partial charge in [0.2, 0.25) is 0 Å². The molecule has 0 fully saturated rings. The maximum absolute atomic E-state index is 11.0. The first-order chi connectivity index (χ1) is 10.2. The highest BCUT2D eigenvalue weighted by Crippen LogP contribution is 2.18. The van der Waals surface area contributed by atoms with Gasteiger partial charge in [-0.3, -0.25) is 0 Å². The smallest absolute Gasteiger partial charge is 0.339 e. The van der Waals surface area contributed by atoms with Crippen LogP contribution in [0.2, 0.25) is 0 Å². The summed E-state index contributed by atoms with van der Waals surface area (Å²) >= 11 is 3.36. The van der Waals surface area contributed by atoms with Gasteiger partial charge in [-0.2, -0.15) is 0 Å². The van der Waals surface area contributed by atoms with Gasteiger partial charge in [-0.1, -0.05) is 28.1 Å². The van der Waals surface area contributed by atoms with Gasteiger partial charge in [0, 0.05) is 10.9 Å². The summed E-state index contributed by atoms with van der Waals surface area (Å²) in [7, 11) is 0. The number of ether oxygens (including phenoxy) is 2. The average Bonchev–Trinajstić information content (AvgIpc) is 2.49. The number of carboxylic acid groups (broad SMARTS) is 1. The molecule has 0 aliphatic heterocycles. The topological polar surface area (TPSA) is 55.8 Å². The van der Waals surface area contributed by atoms with Crippen molar-refractivity contribution in [2.75, 3.05) is 13.2 Å². The van der Waals surface area contributed by atoms with Crippen LogP contribution in [0.3, 0.4) is 0 Å². The Bertz CT molecular complexity index is 595. The third-order valence-corrected chi connectivity index (χ3v) is 3.27. The van der Waals surface area contributed by atoms with Crippen LogP contribution in [0.15, 0.2) is 53.0 Å². The van der Waals surface area contributed by atoms with E-state index in [1.54, 1.807) is 18.2 Å². The van der Waals surface area contributed by atoms with E-state index in [4.69, 9.17) is 14.6 Å². The lowest BCUT2D eigenvalue weighted by molar-refractivity contribution is 0.0692. The Morgan fingerprint density at radius 3 is 2.38 bits per heavy atom. The minimum atomic E-state index is -0.989. The molecule has 2 rings (SSSR count). The molecule has 0 atom stereocenters. The predicted octanol–water partition coefficient (Wildman–Crippen LogP) is 4.00. The summed E-state index contributed by atoms with van der Waals surface area (Å²) in [5.41, 5.74) is 0.173. The molecule has 0 unspecified atom stereocenters. The second kappa shape index (κ2) is 7.69. The molecule has 0 aromatic heterocycles. The number of para-hydroxylation sites is 1. The highest BCUT2D eigenvalue weighted by Gasteiger charge is 2.09. The van der Waals surface area contributed by atoms with Crippen LogP contribution in [0.25, 0.3) is 0 Å². The summed E-state index contributed by atoms with van der Waals surface area (Å²) in [6.45, 7) is 0.914. The summed E-state index contributed by atoms with van der Waals surface area (Å²) in [5, 5.41) is 9.03. The van der Waals surface area contributed by atoms with Gasteiger partial charge in [0.25, 0.3) is 0 Å². The van der Waals surface area contributed by atoms with Crippen molar-refractivity contribution in [3.63, 3.8) is 0 Å². The van der Waals surface area contributed by atoms with Crippen molar-refractivity contribution in [2.24, 2.45) is 0 Å². The van der Waals surface area contributed by atoms with Gasteiger partial charge >= 0.3 is 5.97 Å². The molecule has 1 N–H and O–H groups in total. The molecule has 0 radical (unpaired) electrons. The molecular weight excluding hydrogens is 336 g/mol. The summed E-state index contributed by atoms with van der Waals surface area (Å²) in [5.74, 6) is 0.189. The van der Waals surface area contributed by atoms with Gasteiger partial charge in [0.15, 0.2) is 0 Å². The van der Waals surface area contributed by atoms with Gasteiger partial charge < -0.3 is 14.6 Å². The minimum absolute atomic E-state index is 0.173. The summed E-state index contributed by atoms with van der Waals surface area (Å²) < 4.78 is 12.0. The van der Waals surface area contributed by atoms with Gasteiger partial charge in [0.1, 0.15) is 17.1 Å². The van der Waals surface area contributed by atoms with E-state index in [1.807, 2.05) is 24.3 Å². The summed E-state index contributed by atoms with van der Waals surface area (Å²) in [4.78, 5) is 11.0. The van der Waals surface area contributed by atoms with Gasteiger partial charge in [-0.05, 0) is 36.4 Å². The Morgan fingerprint density at radius 1 is 1.00 bits per heavy atom. The van der Waals surface area contributed by atoms with Crippen molar-refractivity contribution in [3.05, 3.63) is 58.6 Å². The van der Waals surface area contributed by atoms with E-state index in [0.717, 1.165) is 10.2 Å². The van der Waals surface area contributed by atoms with E-state index in [1.165, 1.54) is 6.07 Å². The predicted molar refractivity (Wildman–Crippen MR) is 83.2 cm³/mol.